The molecule has 0 saturated carbocycles. The van der Waals surface area contributed by atoms with Gasteiger partial charge in [-0.1, -0.05) is 6.42 Å². The minimum atomic E-state index is -0.0478. The molecule has 1 aliphatic rings. The van der Waals surface area contributed by atoms with Crippen LogP contribution in [0.3, 0.4) is 0 Å². The maximum atomic E-state index is 11.9. The molecule has 1 fully saturated rings. The van der Waals surface area contributed by atoms with Crippen LogP contribution in [-0.2, 0) is 11.8 Å². The van der Waals surface area contributed by atoms with E-state index in [0.29, 0.717) is 0 Å². The second-order valence-corrected chi connectivity index (χ2v) is 4.29. The number of nitrogens with zero attached hydrogens (tertiary/aromatic N) is 2. The molecule has 1 amide bonds. The van der Waals surface area contributed by atoms with Gasteiger partial charge in [-0.25, -0.2) is 0 Å². The van der Waals surface area contributed by atoms with Crippen LogP contribution in [0.2, 0.25) is 0 Å². The zero-order chi connectivity index (χ0) is 11.5. The van der Waals surface area contributed by atoms with E-state index in [-0.39, 0.29) is 11.9 Å². The molecule has 1 saturated heterocycles. The second kappa shape index (κ2) is 4.65. The zero-order valence-electron chi connectivity index (χ0n) is 9.79. The third-order valence-corrected chi connectivity index (χ3v) is 2.90. The van der Waals surface area contributed by atoms with Crippen molar-refractivity contribution in [3.63, 3.8) is 0 Å². The van der Waals surface area contributed by atoms with E-state index in [9.17, 15) is 4.79 Å². The summed E-state index contributed by atoms with van der Waals surface area (Å²) in [5, 5.41) is 10.3. The van der Waals surface area contributed by atoms with Gasteiger partial charge in [0, 0.05) is 13.2 Å². The van der Waals surface area contributed by atoms with Crippen molar-refractivity contribution in [2.45, 2.75) is 32.2 Å². The Bertz CT molecular complexity index is 379. The summed E-state index contributed by atoms with van der Waals surface area (Å²) in [4.78, 5) is 11.9. The van der Waals surface area contributed by atoms with E-state index in [0.717, 1.165) is 37.2 Å². The van der Waals surface area contributed by atoms with Gasteiger partial charge in [0.05, 0.1) is 17.4 Å². The number of carbonyl (C=O) groups is 1. The molecule has 0 aliphatic carbocycles. The van der Waals surface area contributed by atoms with E-state index in [2.05, 4.69) is 15.7 Å². The molecule has 1 aromatic rings. The van der Waals surface area contributed by atoms with Crippen molar-refractivity contribution in [2.75, 3.05) is 11.9 Å². The largest absolute Gasteiger partial charge is 0.322 e. The number of amides is 1. The van der Waals surface area contributed by atoms with Crippen molar-refractivity contribution in [1.29, 1.82) is 0 Å². The van der Waals surface area contributed by atoms with E-state index in [1.165, 1.54) is 0 Å². The minimum absolute atomic E-state index is 0.0478. The summed E-state index contributed by atoms with van der Waals surface area (Å²) in [7, 11) is 1.85. The molecule has 0 radical (unpaired) electrons. The second-order valence-electron chi connectivity index (χ2n) is 4.29. The van der Waals surface area contributed by atoms with Gasteiger partial charge in [0.2, 0.25) is 5.91 Å². The SMILES string of the molecule is Cc1nn(C)cc1NC(=O)[C@H]1CCCCN1. The lowest BCUT2D eigenvalue weighted by Gasteiger charge is -2.22. The topological polar surface area (TPSA) is 59.0 Å². The highest BCUT2D eigenvalue weighted by Crippen LogP contribution is 2.14. The number of anilines is 1. The monoisotopic (exact) mass is 222 g/mol. The van der Waals surface area contributed by atoms with Gasteiger partial charge in [0.25, 0.3) is 0 Å². The first kappa shape index (κ1) is 11.1. The smallest absolute Gasteiger partial charge is 0.241 e. The number of hydrogen-bond acceptors (Lipinski definition) is 3. The van der Waals surface area contributed by atoms with Crippen LogP contribution in [0.25, 0.3) is 0 Å². The molecular formula is C11H18N4O. The lowest BCUT2D eigenvalue weighted by molar-refractivity contribution is -0.118. The first-order valence-electron chi connectivity index (χ1n) is 5.71. The summed E-state index contributed by atoms with van der Waals surface area (Å²) in [6.45, 7) is 2.83. The van der Waals surface area contributed by atoms with Crippen molar-refractivity contribution in [2.24, 2.45) is 7.05 Å². The minimum Gasteiger partial charge on any atom is -0.322 e. The zero-order valence-corrected chi connectivity index (χ0v) is 9.79. The number of aryl methyl sites for hydroxylation is 2. The molecule has 16 heavy (non-hydrogen) atoms. The molecule has 88 valence electrons. The molecule has 0 bridgehead atoms. The van der Waals surface area contributed by atoms with E-state index in [4.69, 9.17) is 0 Å². The Labute approximate surface area is 95.2 Å². The summed E-state index contributed by atoms with van der Waals surface area (Å²) < 4.78 is 1.71. The highest BCUT2D eigenvalue weighted by Gasteiger charge is 2.21. The van der Waals surface area contributed by atoms with Crippen molar-refractivity contribution in [3.05, 3.63) is 11.9 Å². The number of nitrogens with one attached hydrogen (secondary N) is 2. The van der Waals surface area contributed by atoms with Crippen LogP contribution in [0, 0.1) is 6.92 Å². The molecule has 0 spiro atoms. The van der Waals surface area contributed by atoms with Gasteiger partial charge >= 0.3 is 0 Å². The number of carbonyl (C=O) groups excluding carboxylic acids is 1. The first-order valence-corrected chi connectivity index (χ1v) is 5.71. The van der Waals surface area contributed by atoms with Crippen molar-refractivity contribution < 1.29 is 4.79 Å². The molecule has 1 aromatic heterocycles. The number of piperidine rings is 1. The predicted molar refractivity (Wildman–Crippen MR) is 62.2 cm³/mol. The summed E-state index contributed by atoms with van der Waals surface area (Å²) in [5.41, 5.74) is 1.66. The van der Waals surface area contributed by atoms with Crippen LogP contribution in [0.15, 0.2) is 6.20 Å². The van der Waals surface area contributed by atoms with Crippen LogP contribution in [-0.4, -0.2) is 28.3 Å². The summed E-state index contributed by atoms with van der Waals surface area (Å²) >= 11 is 0. The predicted octanol–water partition coefficient (Wildman–Crippen LogP) is 0.809. The number of aromatic nitrogens is 2. The molecule has 0 aromatic carbocycles. The fourth-order valence-corrected chi connectivity index (χ4v) is 2.02. The molecule has 1 aliphatic heterocycles. The summed E-state index contributed by atoms with van der Waals surface area (Å²) in [6.07, 6.45) is 5.04. The average molecular weight is 222 g/mol. The van der Waals surface area contributed by atoms with Crippen LogP contribution in [0.5, 0.6) is 0 Å². The van der Waals surface area contributed by atoms with E-state index >= 15 is 0 Å². The third-order valence-electron chi connectivity index (χ3n) is 2.90. The fourth-order valence-electron chi connectivity index (χ4n) is 2.02. The Morgan fingerprint density at radius 3 is 3.00 bits per heavy atom. The third kappa shape index (κ3) is 2.41. The average Bonchev–Trinajstić information content (AvgIpc) is 2.59. The Kier molecular flexibility index (Phi) is 3.24. The fraction of sp³-hybridized carbons (Fsp3) is 0.636. The van der Waals surface area contributed by atoms with Gasteiger partial charge in [-0.15, -0.1) is 0 Å². The molecule has 5 heteroatoms. The molecule has 0 unspecified atom stereocenters. The van der Waals surface area contributed by atoms with E-state index in [1.54, 1.807) is 4.68 Å². The number of rotatable bonds is 2. The Hall–Kier alpha value is -1.36. The Balaban J connectivity index is 1.98. The van der Waals surface area contributed by atoms with E-state index < -0.39 is 0 Å². The van der Waals surface area contributed by atoms with Gasteiger partial charge < -0.3 is 10.6 Å². The molecular weight excluding hydrogens is 204 g/mol. The highest BCUT2D eigenvalue weighted by molar-refractivity contribution is 5.95. The summed E-state index contributed by atoms with van der Waals surface area (Å²) in [5.74, 6) is 0.0517. The molecule has 2 heterocycles. The van der Waals surface area contributed by atoms with Crippen molar-refractivity contribution >= 4 is 11.6 Å². The quantitative estimate of drug-likeness (QED) is 0.778. The maximum absolute atomic E-state index is 11.9. The molecule has 2 N–H and O–H groups in total. The molecule has 5 nitrogen and oxygen atoms in total. The van der Waals surface area contributed by atoms with Gasteiger partial charge in [0.15, 0.2) is 0 Å². The van der Waals surface area contributed by atoms with Crippen LogP contribution in [0.1, 0.15) is 25.0 Å². The van der Waals surface area contributed by atoms with Crippen LogP contribution < -0.4 is 10.6 Å². The van der Waals surface area contributed by atoms with Gasteiger partial charge in [0.1, 0.15) is 0 Å². The van der Waals surface area contributed by atoms with E-state index in [1.807, 2.05) is 20.2 Å². The lowest BCUT2D eigenvalue weighted by atomic mass is 10.0. The highest BCUT2D eigenvalue weighted by atomic mass is 16.2. The summed E-state index contributed by atoms with van der Waals surface area (Å²) in [6, 6.07) is -0.0478. The Morgan fingerprint density at radius 2 is 2.44 bits per heavy atom. The molecule has 2 rings (SSSR count). The number of hydrogen-bond donors (Lipinski definition) is 2. The standard InChI is InChI=1S/C11H18N4O/c1-8-10(7-15(2)14-8)13-11(16)9-5-3-4-6-12-9/h7,9,12H,3-6H2,1-2H3,(H,13,16)/t9-/m1/s1. The van der Waals surface area contributed by atoms with Crippen LogP contribution >= 0.6 is 0 Å². The molecule has 1 atom stereocenters. The maximum Gasteiger partial charge on any atom is 0.241 e. The normalized spacial score (nSPS) is 20.8. The van der Waals surface area contributed by atoms with Gasteiger partial charge in [-0.05, 0) is 26.3 Å². The van der Waals surface area contributed by atoms with Gasteiger partial charge in [-0.2, -0.15) is 5.10 Å². The Morgan fingerprint density at radius 1 is 1.62 bits per heavy atom. The van der Waals surface area contributed by atoms with Crippen LogP contribution in [0.4, 0.5) is 5.69 Å². The van der Waals surface area contributed by atoms with Gasteiger partial charge in [-0.3, -0.25) is 9.48 Å². The van der Waals surface area contributed by atoms with Crippen molar-refractivity contribution in [1.82, 2.24) is 15.1 Å². The van der Waals surface area contributed by atoms with Crippen molar-refractivity contribution in [3.8, 4) is 0 Å². The lowest BCUT2D eigenvalue weighted by Crippen LogP contribution is -2.43. The first-order chi connectivity index (χ1) is 7.66.